The Morgan fingerprint density at radius 2 is 1.78 bits per heavy atom. The topological polar surface area (TPSA) is 75.9 Å². The molecule has 5 nitrogen and oxygen atoms in total. The van der Waals surface area contributed by atoms with Crippen molar-refractivity contribution in [2.24, 2.45) is 17.7 Å². The highest BCUT2D eigenvalue weighted by molar-refractivity contribution is 5.57. The lowest BCUT2D eigenvalue weighted by atomic mass is 9.98. The summed E-state index contributed by atoms with van der Waals surface area (Å²) < 4.78 is 0. The number of nitrogens with zero attached hydrogens (tertiary/aromatic N) is 2. The molecule has 0 aliphatic heterocycles. The van der Waals surface area contributed by atoms with Gasteiger partial charge in [-0.15, -0.1) is 0 Å². The van der Waals surface area contributed by atoms with Crippen molar-refractivity contribution >= 4 is 11.6 Å². The Morgan fingerprint density at radius 3 is 2.33 bits per heavy atom. The minimum atomic E-state index is 0.499. The summed E-state index contributed by atoms with van der Waals surface area (Å²) in [5.74, 6) is 9.26. The van der Waals surface area contributed by atoms with Gasteiger partial charge in [0.05, 0.1) is 0 Å². The van der Waals surface area contributed by atoms with Gasteiger partial charge in [-0.3, -0.25) is 0 Å². The molecular formula is C13H23N5. The van der Waals surface area contributed by atoms with Crippen molar-refractivity contribution in [1.29, 1.82) is 0 Å². The average Bonchev–Trinajstić information content (AvgIpc) is 2.65. The average molecular weight is 249 g/mol. The number of hydrazine groups is 1. The highest BCUT2D eigenvalue weighted by Gasteiger charge is 2.30. The number of anilines is 2. The summed E-state index contributed by atoms with van der Waals surface area (Å²) in [6, 6.07) is 0.499. The number of nitrogen functional groups attached to an aromatic ring is 1. The number of aryl methyl sites for hydroxylation is 1. The van der Waals surface area contributed by atoms with Crippen molar-refractivity contribution in [3.63, 3.8) is 0 Å². The van der Waals surface area contributed by atoms with Crippen LogP contribution in [0.1, 0.15) is 38.1 Å². The molecule has 18 heavy (non-hydrogen) atoms. The van der Waals surface area contributed by atoms with E-state index < -0.39 is 0 Å². The van der Waals surface area contributed by atoms with Gasteiger partial charge in [-0.1, -0.05) is 13.8 Å². The molecule has 1 aliphatic carbocycles. The van der Waals surface area contributed by atoms with Crippen molar-refractivity contribution in [3.05, 3.63) is 11.4 Å². The minimum absolute atomic E-state index is 0.499. The van der Waals surface area contributed by atoms with Gasteiger partial charge in [-0.05, 0) is 38.5 Å². The maximum absolute atomic E-state index is 5.48. The second-order valence-corrected chi connectivity index (χ2v) is 5.40. The van der Waals surface area contributed by atoms with Crippen molar-refractivity contribution in [1.82, 2.24) is 9.97 Å². The Hall–Kier alpha value is -1.36. The molecule has 2 rings (SSSR count). The van der Waals surface area contributed by atoms with Crippen molar-refractivity contribution < 1.29 is 0 Å². The highest BCUT2D eigenvalue weighted by atomic mass is 15.3. The Kier molecular flexibility index (Phi) is 3.71. The first-order chi connectivity index (χ1) is 8.52. The molecule has 0 spiro atoms. The molecule has 0 saturated heterocycles. The molecule has 1 aliphatic rings. The molecule has 100 valence electrons. The first-order valence-electron chi connectivity index (χ1n) is 6.61. The summed E-state index contributed by atoms with van der Waals surface area (Å²) >= 11 is 0. The first-order valence-corrected chi connectivity index (χ1v) is 6.61. The fourth-order valence-corrected chi connectivity index (χ4v) is 2.65. The van der Waals surface area contributed by atoms with E-state index in [9.17, 15) is 0 Å². The molecule has 0 aromatic carbocycles. The Morgan fingerprint density at radius 1 is 1.11 bits per heavy atom. The molecule has 0 radical (unpaired) electrons. The minimum Gasteiger partial charge on any atom is -0.367 e. The lowest BCUT2D eigenvalue weighted by molar-refractivity contribution is 0.435. The van der Waals surface area contributed by atoms with Gasteiger partial charge in [0.15, 0.2) is 0 Å². The van der Waals surface area contributed by atoms with Gasteiger partial charge in [0.1, 0.15) is 17.5 Å². The molecular weight excluding hydrogens is 226 g/mol. The van der Waals surface area contributed by atoms with Crippen molar-refractivity contribution in [3.8, 4) is 0 Å². The van der Waals surface area contributed by atoms with Gasteiger partial charge < -0.3 is 10.7 Å². The molecule has 5 heteroatoms. The third-order valence-corrected chi connectivity index (χ3v) is 4.18. The van der Waals surface area contributed by atoms with Crippen LogP contribution < -0.4 is 16.6 Å². The van der Waals surface area contributed by atoms with Gasteiger partial charge in [0.25, 0.3) is 0 Å². The van der Waals surface area contributed by atoms with Crippen LogP contribution in [0.2, 0.25) is 0 Å². The van der Waals surface area contributed by atoms with Crippen LogP contribution >= 0.6 is 0 Å². The zero-order valence-electron chi connectivity index (χ0n) is 11.6. The fourth-order valence-electron chi connectivity index (χ4n) is 2.65. The third kappa shape index (κ3) is 2.41. The number of nitrogens with one attached hydrogen (secondary N) is 2. The standard InChI is InChI=1S/C13H23N5/c1-7-5-6-11(8(7)2)17-12-9(3)13(18-14)16-10(4)15-12/h7-8,11H,5-6,14H2,1-4H3,(H2,15,16,17,18). The maximum Gasteiger partial charge on any atom is 0.148 e. The zero-order valence-corrected chi connectivity index (χ0v) is 11.6. The lowest BCUT2D eigenvalue weighted by Gasteiger charge is -2.22. The summed E-state index contributed by atoms with van der Waals surface area (Å²) in [7, 11) is 0. The summed E-state index contributed by atoms with van der Waals surface area (Å²) in [5.41, 5.74) is 3.61. The number of hydrogen-bond donors (Lipinski definition) is 3. The van der Waals surface area contributed by atoms with E-state index in [0.29, 0.717) is 17.8 Å². The summed E-state index contributed by atoms with van der Waals surface area (Å²) in [6.45, 7) is 8.49. The first kappa shape index (κ1) is 13.1. The van der Waals surface area contributed by atoms with Crippen molar-refractivity contribution in [2.75, 3.05) is 10.7 Å². The van der Waals surface area contributed by atoms with E-state index in [1.54, 1.807) is 0 Å². The quantitative estimate of drug-likeness (QED) is 0.565. The molecule has 0 bridgehead atoms. The predicted octanol–water partition coefficient (Wildman–Crippen LogP) is 2.23. The van der Waals surface area contributed by atoms with Crippen LogP contribution in [0.15, 0.2) is 0 Å². The Labute approximate surface area is 109 Å². The van der Waals surface area contributed by atoms with E-state index in [0.717, 1.165) is 23.1 Å². The van der Waals surface area contributed by atoms with Crippen LogP contribution in [0.4, 0.5) is 11.6 Å². The van der Waals surface area contributed by atoms with Gasteiger partial charge in [0, 0.05) is 11.6 Å². The molecule has 1 fully saturated rings. The summed E-state index contributed by atoms with van der Waals surface area (Å²) in [4.78, 5) is 8.76. The maximum atomic E-state index is 5.48. The highest BCUT2D eigenvalue weighted by Crippen LogP contribution is 2.33. The van der Waals surface area contributed by atoms with Crippen LogP contribution in [0.25, 0.3) is 0 Å². The number of aromatic nitrogens is 2. The molecule has 3 atom stereocenters. The molecule has 0 amide bonds. The molecule has 1 heterocycles. The number of hydrogen-bond acceptors (Lipinski definition) is 5. The fraction of sp³-hybridized carbons (Fsp3) is 0.692. The van der Waals surface area contributed by atoms with Crippen LogP contribution in [0.3, 0.4) is 0 Å². The summed E-state index contributed by atoms with van der Waals surface area (Å²) in [6.07, 6.45) is 2.49. The Balaban J connectivity index is 2.21. The normalized spacial score (nSPS) is 27.3. The van der Waals surface area contributed by atoms with E-state index in [-0.39, 0.29) is 0 Å². The number of nitrogens with two attached hydrogens (primary N) is 1. The molecule has 1 aromatic heterocycles. The second kappa shape index (κ2) is 5.10. The van der Waals surface area contributed by atoms with Crippen LogP contribution in [0.5, 0.6) is 0 Å². The number of rotatable bonds is 3. The smallest absolute Gasteiger partial charge is 0.148 e. The van der Waals surface area contributed by atoms with Gasteiger partial charge in [-0.2, -0.15) is 0 Å². The molecule has 1 aromatic rings. The third-order valence-electron chi connectivity index (χ3n) is 4.18. The van der Waals surface area contributed by atoms with Crippen LogP contribution in [0, 0.1) is 25.7 Å². The van der Waals surface area contributed by atoms with E-state index in [4.69, 9.17) is 5.84 Å². The lowest BCUT2D eigenvalue weighted by Crippen LogP contribution is -2.26. The van der Waals surface area contributed by atoms with Gasteiger partial charge >= 0.3 is 0 Å². The van der Waals surface area contributed by atoms with E-state index in [1.807, 2.05) is 13.8 Å². The monoisotopic (exact) mass is 249 g/mol. The Bertz CT molecular complexity index is 432. The molecule has 1 saturated carbocycles. The van der Waals surface area contributed by atoms with Crippen LogP contribution in [-0.4, -0.2) is 16.0 Å². The van der Waals surface area contributed by atoms with E-state index in [1.165, 1.54) is 12.8 Å². The molecule has 3 unspecified atom stereocenters. The van der Waals surface area contributed by atoms with Crippen LogP contribution in [-0.2, 0) is 0 Å². The zero-order chi connectivity index (χ0) is 13.3. The molecule has 4 N–H and O–H groups in total. The summed E-state index contributed by atoms with van der Waals surface area (Å²) in [5, 5.41) is 3.56. The van der Waals surface area contributed by atoms with E-state index in [2.05, 4.69) is 34.6 Å². The van der Waals surface area contributed by atoms with E-state index >= 15 is 0 Å². The van der Waals surface area contributed by atoms with Gasteiger partial charge in [-0.25, -0.2) is 15.8 Å². The SMILES string of the molecule is Cc1nc(NN)c(C)c(NC2CCC(C)C2C)n1. The van der Waals surface area contributed by atoms with Gasteiger partial charge in [0.2, 0.25) is 0 Å². The predicted molar refractivity (Wildman–Crippen MR) is 74.3 cm³/mol. The second-order valence-electron chi connectivity index (χ2n) is 5.40. The largest absolute Gasteiger partial charge is 0.367 e. The van der Waals surface area contributed by atoms with Crippen molar-refractivity contribution in [2.45, 2.75) is 46.6 Å².